The van der Waals surface area contributed by atoms with Crippen LogP contribution < -0.4 is 0 Å². The van der Waals surface area contributed by atoms with Crippen molar-refractivity contribution in [1.29, 1.82) is 0 Å². The van der Waals surface area contributed by atoms with Crippen molar-refractivity contribution in [1.82, 2.24) is 9.21 Å². The van der Waals surface area contributed by atoms with Gasteiger partial charge in [0.2, 0.25) is 10.0 Å². The second-order valence-corrected chi connectivity index (χ2v) is 8.73. The standard InChI is InChI=1S/C18H18F2N2O3S2/c1-26-14-7-5-13(6-8-14)18(23)21-9-11-22(12-10-21)27(24,25)17-15(19)3-2-4-16(17)20/h2-8H,9-12H2,1H3. The van der Waals surface area contributed by atoms with Gasteiger partial charge >= 0.3 is 0 Å². The molecule has 9 heteroatoms. The molecule has 1 aliphatic rings. The van der Waals surface area contributed by atoms with Crippen LogP contribution in [0.25, 0.3) is 0 Å². The van der Waals surface area contributed by atoms with Gasteiger partial charge in [0.15, 0.2) is 4.90 Å². The third-order valence-corrected chi connectivity index (χ3v) is 7.07. The number of benzene rings is 2. The van der Waals surface area contributed by atoms with E-state index in [4.69, 9.17) is 0 Å². The van der Waals surface area contributed by atoms with E-state index in [9.17, 15) is 22.0 Å². The van der Waals surface area contributed by atoms with Crippen molar-refractivity contribution in [2.45, 2.75) is 9.79 Å². The van der Waals surface area contributed by atoms with Crippen LogP contribution in [0.4, 0.5) is 8.78 Å². The maximum Gasteiger partial charge on any atom is 0.253 e. The van der Waals surface area contributed by atoms with E-state index in [0.29, 0.717) is 5.56 Å². The maximum atomic E-state index is 13.9. The second-order valence-electron chi connectivity index (χ2n) is 5.98. The molecule has 1 aliphatic heterocycles. The third-order valence-electron chi connectivity index (χ3n) is 4.38. The predicted octanol–water partition coefficient (Wildman–Crippen LogP) is 2.83. The molecule has 0 spiro atoms. The summed E-state index contributed by atoms with van der Waals surface area (Å²) in [6.45, 7) is 0.256. The Labute approximate surface area is 161 Å². The quantitative estimate of drug-likeness (QED) is 0.725. The Morgan fingerprint density at radius 2 is 1.52 bits per heavy atom. The monoisotopic (exact) mass is 412 g/mol. The first kappa shape index (κ1) is 19.8. The lowest BCUT2D eigenvalue weighted by Gasteiger charge is -2.34. The normalized spacial score (nSPS) is 15.7. The highest BCUT2D eigenvalue weighted by atomic mass is 32.2. The summed E-state index contributed by atoms with van der Waals surface area (Å²) in [6.07, 6.45) is 1.94. The minimum Gasteiger partial charge on any atom is -0.336 e. The largest absolute Gasteiger partial charge is 0.336 e. The lowest BCUT2D eigenvalue weighted by molar-refractivity contribution is 0.0697. The smallest absolute Gasteiger partial charge is 0.253 e. The van der Waals surface area contributed by atoms with Crippen molar-refractivity contribution >= 4 is 27.7 Å². The van der Waals surface area contributed by atoms with Gasteiger partial charge in [-0.05, 0) is 42.7 Å². The van der Waals surface area contributed by atoms with Gasteiger partial charge in [0.05, 0.1) is 0 Å². The van der Waals surface area contributed by atoms with Crippen LogP contribution in [0.2, 0.25) is 0 Å². The number of rotatable bonds is 4. The first-order chi connectivity index (χ1) is 12.8. The molecule has 0 aromatic heterocycles. The zero-order valence-corrected chi connectivity index (χ0v) is 16.2. The van der Waals surface area contributed by atoms with Gasteiger partial charge in [-0.3, -0.25) is 4.79 Å². The van der Waals surface area contributed by atoms with Gasteiger partial charge in [0.1, 0.15) is 11.6 Å². The molecule has 1 fully saturated rings. The van der Waals surface area contributed by atoms with Crippen molar-refractivity contribution < 1.29 is 22.0 Å². The van der Waals surface area contributed by atoms with Gasteiger partial charge in [0.25, 0.3) is 5.91 Å². The molecule has 2 aromatic carbocycles. The molecule has 0 N–H and O–H groups in total. The van der Waals surface area contributed by atoms with E-state index >= 15 is 0 Å². The fraction of sp³-hybridized carbons (Fsp3) is 0.278. The Kier molecular flexibility index (Phi) is 5.83. The molecule has 0 atom stereocenters. The average Bonchev–Trinajstić information content (AvgIpc) is 2.67. The molecule has 27 heavy (non-hydrogen) atoms. The SMILES string of the molecule is CSc1ccc(C(=O)N2CCN(S(=O)(=O)c3c(F)cccc3F)CC2)cc1. The summed E-state index contributed by atoms with van der Waals surface area (Å²) in [5.74, 6) is -2.44. The Balaban J connectivity index is 1.72. The number of halogens is 2. The van der Waals surface area contributed by atoms with Crippen LogP contribution in [0.15, 0.2) is 52.3 Å². The van der Waals surface area contributed by atoms with Crippen molar-refractivity contribution in [2.24, 2.45) is 0 Å². The van der Waals surface area contributed by atoms with E-state index in [0.717, 1.165) is 27.4 Å². The topological polar surface area (TPSA) is 57.7 Å². The van der Waals surface area contributed by atoms with Gasteiger partial charge in [-0.15, -0.1) is 11.8 Å². The minimum absolute atomic E-state index is 0.0231. The number of amides is 1. The van der Waals surface area contributed by atoms with Crippen molar-refractivity contribution in [3.63, 3.8) is 0 Å². The summed E-state index contributed by atoms with van der Waals surface area (Å²) in [5, 5.41) is 0. The highest BCUT2D eigenvalue weighted by Crippen LogP contribution is 2.24. The number of piperazine rings is 1. The summed E-state index contributed by atoms with van der Waals surface area (Å²) in [4.78, 5) is 14.2. The zero-order chi connectivity index (χ0) is 19.6. The first-order valence-electron chi connectivity index (χ1n) is 8.22. The molecule has 2 aromatic rings. The number of carbonyl (C=O) groups excluding carboxylic acids is 1. The highest BCUT2D eigenvalue weighted by Gasteiger charge is 2.34. The predicted molar refractivity (Wildman–Crippen MR) is 99.2 cm³/mol. The number of nitrogens with zero attached hydrogens (tertiary/aromatic N) is 2. The summed E-state index contributed by atoms with van der Waals surface area (Å²) >= 11 is 1.57. The van der Waals surface area contributed by atoms with Gasteiger partial charge in [0, 0.05) is 36.6 Å². The Morgan fingerprint density at radius 3 is 2.04 bits per heavy atom. The van der Waals surface area contributed by atoms with Crippen LogP contribution in [0.1, 0.15) is 10.4 Å². The molecule has 0 unspecified atom stereocenters. The average molecular weight is 412 g/mol. The second kappa shape index (κ2) is 7.95. The molecule has 1 saturated heterocycles. The van der Waals surface area contributed by atoms with Gasteiger partial charge in [-0.25, -0.2) is 17.2 Å². The van der Waals surface area contributed by atoms with Gasteiger partial charge in [-0.2, -0.15) is 4.31 Å². The molecule has 144 valence electrons. The Bertz CT molecular complexity index is 921. The molecule has 1 amide bonds. The number of hydrogen-bond donors (Lipinski definition) is 0. The van der Waals surface area contributed by atoms with Crippen LogP contribution in [0.5, 0.6) is 0 Å². The lowest BCUT2D eigenvalue weighted by atomic mass is 10.2. The molecule has 0 aliphatic carbocycles. The third kappa shape index (κ3) is 3.99. The Morgan fingerprint density at radius 1 is 0.963 bits per heavy atom. The van der Waals surface area contributed by atoms with Crippen molar-refractivity contribution in [2.75, 3.05) is 32.4 Å². The van der Waals surface area contributed by atoms with Crippen LogP contribution in [-0.2, 0) is 10.0 Å². The number of thioether (sulfide) groups is 1. The lowest BCUT2D eigenvalue weighted by Crippen LogP contribution is -2.50. The van der Waals surface area contributed by atoms with E-state index in [2.05, 4.69) is 0 Å². The zero-order valence-electron chi connectivity index (χ0n) is 14.6. The highest BCUT2D eigenvalue weighted by molar-refractivity contribution is 7.98. The number of hydrogen-bond acceptors (Lipinski definition) is 4. The first-order valence-corrected chi connectivity index (χ1v) is 10.9. The molecule has 0 saturated carbocycles. The minimum atomic E-state index is -4.30. The molecule has 3 rings (SSSR count). The van der Waals surface area contributed by atoms with E-state index in [1.54, 1.807) is 23.9 Å². The van der Waals surface area contributed by atoms with Gasteiger partial charge < -0.3 is 4.90 Å². The van der Waals surface area contributed by atoms with E-state index in [1.807, 2.05) is 18.4 Å². The fourth-order valence-electron chi connectivity index (χ4n) is 2.91. The summed E-state index contributed by atoms with van der Waals surface area (Å²) in [6, 6.07) is 10.1. The fourth-order valence-corrected chi connectivity index (χ4v) is 4.85. The van der Waals surface area contributed by atoms with E-state index in [1.165, 1.54) is 4.90 Å². The summed E-state index contributed by atoms with van der Waals surface area (Å²) in [5.41, 5.74) is 0.518. The molecule has 0 radical (unpaired) electrons. The van der Waals surface area contributed by atoms with Crippen LogP contribution in [-0.4, -0.2) is 56.0 Å². The van der Waals surface area contributed by atoms with Crippen LogP contribution in [0.3, 0.4) is 0 Å². The molecular formula is C18H18F2N2O3S2. The Hall–Kier alpha value is -1.97. The molecule has 5 nitrogen and oxygen atoms in total. The molecule has 1 heterocycles. The van der Waals surface area contributed by atoms with E-state index < -0.39 is 26.6 Å². The van der Waals surface area contributed by atoms with E-state index in [-0.39, 0.29) is 32.1 Å². The van der Waals surface area contributed by atoms with Crippen LogP contribution >= 0.6 is 11.8 Å². The van der Waals surface area contributed by atoms with Crippen molar-refractivity contribution in [3.05, 3.63) is 59.7 Å². The molecular weight excluding hydrogens is 394 g/mol. The summed E-state index contributed by atoms with van der Waals surface area (Å²) < 4.78 is 53.9. The maximum absolute atomic E-state index is 13.9. The number of sulfonamides is 1. The van der Waals surface area contributed by atoms with Gasteiger partial charge in [-0.1, -0.05) is 6.07 Å². The van der Waals surface area contributed by atoms with Crippen molar-refractivity contribution in [3.8, 4) is 0 Å². The summed E-state index contributed by atoms with van der Waals surface area (Å²) in [7, 11) is -4.30. The molecule has 0 bridgehead atoms. The number of carbonyl (C=O) groups is 1. The van der Waals surface area contributed by atoms with Crippen LogP contribution in [0, 0.1) is 11.6 Å².